The predicted molar refractivity (Wildman–Crippen MR) is 86.1 cm³/mol. The van der Waals surface area contributed by atoms with Crippen LogP contribution in [0.2, 0.25) is 0 Å². The van der Waals surface area contributed by atoms with Crippen molar-refractivity contribution in [3.05, 3.63) is 60.0 Å². The topological polar surface area (TPSA) is 59.7 Å². The second-order valence-electron chi connectivity index (χ2n) is 5.35. The van der Waals surface area contributed by atoms with Gasteiger partial charge in [0.25, 0.3) is 5.91 Å². The summed E-state index contributed by atoms with van der Waals surface area (Å²) in [7, 11) is 1.73. The Labute approximate surface area is 134 Å². The van der Waals surface area contributed by atoms with Gasteiger partial charge in [-0.15, -0.1) is 10.2 Å². The van der Waals surface area contributed by atoms with Gasteiger partial charge in [-0.25, -0.2) is 0 Å². The van der Waals surface area contributed by atoms with Gasteiger partial charge in [0.2, 0.25) is 0 Å². The molecule has 3 rings (SSSR count). The van der Waals surface area contributed by atoms with Crippen molar-refractivity contribution < 1.29 is 9.53 Å². The summed E-state index contributed by atoms with van der Waals surface area (Å²) < 4.78 is 7.46. The summed E-state index contributed by atoms with van der Waals surface area (Å²) in [5.41, 5.74) is 1.77. The number of para-hydroxylation sites is 1. The zero-order valence-electron chi connectivity index (χ0n) is 13.1. The zero-order valence-corrected chi connectivity index (χ0v) is 13.1. The molecule has 0 aliphatic heterocycles. The number of nitrogens with zero attached hydrogens (tertiary/aromatic N) is 4. The highest BCUT2D eigenvalue weighted by molar-refractivity contribution is 5.77. The van der Waals surface area contributed by atoms with Crippen LogP contribution < -0.4 is 4.74 Å². The molecule has 0 N–H and O–H groups in total. The van der Waals surface area contributed by atoms with Gasteiger partial charge in [-0.05, 0) is 30.7 Å². The molecule has 23 heavy (non-hydrogen) atoms. The van der Waals surface area contributed by atoms with E-state index in [1.54, 1.807) is 11.9 Å². The second-order valence-corrected chi connectivity index (χ2v) is 5.35. The number of aryl methyl sites for hydroxylation is 1. The van der Waals surface area contributed by atoms with Crippen LogP contribution in [0.3, 0.4) is 0 Å². The molecule has 0 atom stereocenters. The molecule has 2 heterocycles. The lowest BCUT2D eigenvalue weighted by molar-refractivity contribution is -0.132. The highest BCUT2D eigenvalue weighted by atomic mass is 16.5. The van der Waals surface area contributed by atoms with Gasteiger partial charge >= 0.3 is 0 Å². The van der Waals surface area contributed by atoms with Gasteiger partial charge in [0.15, 0.2) is 18.1 Å². The maximum atomic E-state index is 12.2. The van der Waals surface area contributed by atoms with E-state index in [1.165, 1.54) is 0 Å². The number of pyridine rings is 1. The molecule has 2 aromatic heterocycles. The third-order valence-corrected chi connectivity index (χ3v) is 3.63. The molecule has 6 nitrogen and oxygen atoms in total. The molecule has 0 bridgehead atoms. The second kappa shape index (κ2) is 6.48. The van der Waals surface area contributed by atoms with Gasteiger partial charge in [-0.3, -0.25) is 9.20 Å². The van der Waals surface area contributed by atoms with E-state index in [0.717, 1.165) is 17.0 Å². The zero-order chi connectivity index (χ0) is 16.2. The van der Waals surface area contributed by atoms with Crippen molar-refractivity contribution in [2.24, 2.45) is 0 Å². The Bertz CT molecular complexity index is 828. The third kappa shape index (κ3) is 3.31. The number of carbonyl (C=O) groups is 1. The maximum absolute atomic E-state index is 12.2. The number of likely N-dealkylation sites (N-methyl/N-ethyl adjacent to an activating group) is 1. The first-order valence-corrected chi connectivity index (χ1v) is 7.36. The first-order chi connectivity index (χ1) is 11.1. The van der Waals surface area contributed by atoms with Crippen LogP contribution in [0.4, 0.5) is 0 Å². The lowest BCUT2D eigenvalue weighted by Gasteiger charge is -2.17. The van der Waals surface area contributed by atoms with Crippen LogP contribution in [0, 0.1) is 6.92 Å². The number of amides is 1. The van der Waals surface area contributed by atoms with Crippen molar-refractivity contribution in [2.45, 2.75) is 13.5 Å². The van der Waals surface area contributed by atoms with Crippen LogP contribution in [0.5, 0.6) is 5.75 Å². The number of aromatic nitrogens is 3. The standard InChI is InChI=1S/C17H18N4O2/c1-13-7-3-4-8-14(13)23-12-17(22)20(2)11-16-19-18-15-9-5-6-10-21(15)16/h3-10H,11-12H2,1-2H3. The molecule has 118 valence electrons. The Morgan fingerprint density at radius 2 is 1.96 bits per heavy atom. The van der Waals surface area contributed by atoms with E-state index in [-0.39, 0.29) is 12.5 Å². The van der Waals surface area contributed by atoms with Gasteiger partial charge in [-0.2, -0.15) is 0 Å². The Hall–Kier alpha value is -2.89. The summed E-state index contributed by atoms with van der Waals surface area (Å²) in [6.07, 6.45) is 1.88. The van der Waals surface area contributed by atoms with Crippen LogP contribution in [0.15, 0.2) is 48.7 Å². The lowest BCUT2D eigenvalue weighted by Crippen LogP contribution is -2.31. The molecule has 0 unspecified atom stereocenters. The van der Waals surface area contributed by atoms with Crippen LogP contribution in [-0.2, 0) is 11.3 Å². The number of rotatable bonds is 5. The van der Waals surface area contributed by atoms with Crippen molar-refractivity contribution in [3.63, 3.8) is 0 Å². The summed E-state index contributed by atoms with van der Waals surface area (Å²) in [5, 5.41) is 8.21. The van der Waals surface area contributed by atoms with E-state index in [2.05, 4.69) is 10.2 Å². The van der Waals surface area contributed by atoms with E-state index in [9.17, 15) is 4.79 Å². The van der Waals surface area contributed by atoms with Gasteiger partial charge in [0, 0.05) is 13.2 Å². The van der Waals surface area contributed by atoms with Gasteiger partial charge < -0.3 is 9.64 Å². The highest BCUT2D eigenvalue weighted by Gasteiger charge is 2.14. The summed E-state index contributed by atoms with van der Waals surface area (Å²) in [6.45, 7) is 2.32. The average Bonchev–Trinajstić information content (AvgIpc) is 2.97. The summed E-state index contributed by atoms with van der Waals surface area (Å²) >= 11 is 0. The van der Waals surface area contributed by atoms with Crippen LogP contribution in [-0.4, -0.2) is 39.1 Å². The van der Waals surface area contributed by atoms with E-state index >= 15 is 0 Å². The molecule has 6 heteroatoms. The SMILES string of the molecule is Cc1ccccc1OCC(=O)N(C)Cc1nnc2ccccn12. The van der Waals surface area contributed by atoms with Crippen LogP contribution in [0.1, 0.15) is 11.4 Å². The average molecular weight is 310 g/mol. The molecule has 0 spiro atoms. The minimum Gasteiger partial charge on any atom is -0.484 e. The first kappa shape index (κ1) is 15.0. The van der Waals surface area contributed by atoms with Crippen LogP contribution in [0.25, 0.3) is 5.65 Å². The fraction of sp³-hybridized carbons (Fsp3) is 0.235. The quantitative estimate of drug-likeness (QED) is 0.724. The number of ether oxygens (including phenoxy) is 1. The molecule has 0 radical (unpaired) electrons. The minimum absolute atomic E-state index is 0.00190. The molecule has 0 aliphatic rings. The smallest absolute Gasteiger partial charge is 0.260 e. The van der Waals surface area contributed by atoms with E-state index < -0.39 is 0 Å². The molecule has 0 aliphatic carbocycles. The fourth-order valence-electron chi connectivity index (χ4n) is 2.27. The third-order valence-electron chi connectivity index (χ3n) is 3.63. The van der Waals surface area contributed by atoms with Crippen molar-refractivity contribution in [3.8, 4) is 5.75 Å². The fourth-order valence-corrected chi connectivity index (χ4v) is 2.27. The summed E-state index contributed by atoms with van der Waals surface area (Å²) in [6, 6.07) is 13.3. The van der Waals surface area contributed by atoms with E-state index in [1.807, 2.05) is 60.0 Å². The van der Waals surface area contributed by atoms with Crippen molar-refractivity contribution in [1.82, 2.24) is 19.5 Å². The molecular formula is C17H18N4O2. The highest BCUT2D eigenvalue weighted by Crippen LogP contribution is 2.16. The molecule has 3 aromatic rings. The molecule has 1 amide bonds. The van der Waals surface area contributed by atoms with E-state index in [4.69, 9.17) is 4.74 Å². The monoisotopic (exact) mass is 310 g/mol. The predicted octanol–water partition coefficient (Wildman–Crippen LogP) is 2.08. The molecule has 1 aromatic carbocycles. The number of fused-ring (bicyclic) bond motifs is 1. The van der Waals surface area contributed by atoms with Gasteiger partial charge in [0.1, 0.15) is 5.75 Å². The van der Waals surface area contributed by atoms with Crippen LogP contribution >= 0.6 is 0 Å². The van der Waals surface area contributed by atoms with E-state index in [0.29, 0.717) is 12.4 Å². The Kier molecular flexibility index (Phi) is 4.23. The summed E-state index contributed by atoms with van der Waals surface area (Å²) in [4.78, 5) is 13.8. The Morgan fingerprint density at radius 1 is 1.17 bits per heavy atom. The Balaban J connectivity index is 1.63. The largest absolute Gasteiger partial charge is 0.484 e. The first-order valence-electron chi connectivity index (χ1n) is 7.36. The molecular weight excluding hydrogens is 292 g/mol. The number of hydrogen-bond acceptors (Lipinski definition) is 4. The number of hydrogen-bond donors (Lipinski definition) is 0. The number of benzene rings is 1. The molecule has 0 saturated carbocycles. The normalized spacial score (nSPS) is 10.7. The molecule has 0 saturated heterocycles. The van der Waals surface area contributed by atoms with Gasteiger partial charge in [-0.1, -0.05) is 24.3 Å². The Morgan fingerprint density at radius 3 is 2.78 bits per heavy atom. The minimum atomic E-state index is -0.110. The maximum Gasteiger partial charge on any atom is 0.260 e. The summed E-state index contributed by atoms with van der Waals surface area (Å²) in [5.74, 6) is 1.33. The van der Waals surface area contributed by atoms with Crippen molar-refractivity contribution >= 4 is 11.6 Å². The lowest BCUT2D eigenvalue weighted by atomic mass is 10.2. The van der Waals surface area contributed by atoms with Crippen molar-refractivity contribution in [2.75, 3.05) is 13.7 Å². The van der Waals surface area contributed by atoms with Gasteiger partial charge in [0.05, 0.1) is 6.54 Å². The number of carbonyl (C=O) groups excluding carboxylic acids is 1. The molecule has 0 fully saturated rings. The van der Waals surface area contributed by atoms with Crippen molar-refractivity contribution in [1.29, 1.82) is 0 Å².